The number of ether oxygens (including phenoxy) is 1. The van der Waals surface area contributed by atoms with Crippen molar-refractivity contribution in [2.24, 2.45) is 0 Å². The van der Waals surface area contributed by atoms with Crippen molar-refractivity contribution in [1.29, 1.82) is 0 Å². The maximum Gasteiger partial charge on any atom is 0.325 e. The highest BCUT2D eigenvalue weighted by Gasteiger charge is 2.45. The highest BCUT2D eigenvalue weighted by atomic mass is 79.9. The van der Waals surface area contributed by atoms with Crippen LogP contribution in [0.15, 0.2) is 87.2 Å². The quantitative estimate of drug-likeness (QED) is 0.161. The average Bonchev–Trinajstić information content (AvgIpc) is 2.88. The molecule has 1 amide bonds. The van der Waals surface area contributed by atoms with Crippen LogP contribution in [0.5, 0.6) is 5.75 Å². The van der Waals surface area contributed by atoms with Crippen LogP contribution in [-0.2, 0) is 15.3 Å². The van der Waals surface area contributed by atoms with Crippen LogP contribution in [0, 0.1) is 0 Å². The number of para-hydroxylation sites is 1. The molecule has 1 N–H and O–H groups in total. The van der Waals surface area contributed by atoms with Gasteiger partial charge in [-0.3, -0.25) is 19.4 Å². The second kappa shape index (κ2) is 10.3. The van der Waals surface area contributed by atoms with Gasteiger partial charge in [0.15, 0.2) is 0 Å². The molecule has 0 radical (unpaired) electrons. The number of anilines is 1. The van der Waals surface area contributed by atoms with E-state index in [1.165, 1.54) is 25.6 Å². The first kappa shape index (κ1) is 24.9. The van der Waals surface area contributed by atoms with Crippen molar-refractivity contribution in [2.75, 3.05) is 4.90 Å². The van der Waals surface area contributed by atoms with E-state index in [0.29, 0.717) is 43.6 Å². The van der Waals surface area contributed by atoms with Crippen LogP contribution in [0.1, 0.15) is 31.1 Å². The number of halogens is 1. The average molecular weight is 578 g/mol. The third-order valence-electron chi connectivity index (χ3n) is 5.82. The smallest absolute Gasteiger partial charge is 0.325 e. The number of carbonyl (C=O) groups excluding carboxylic acids is 2. The molecule has 2 heterocycles. The molecule has 5 rings (SSSR count). The summed E-state index contributed by atoms with van der Waals surface area (Å²) in [6.07, 6.45) is -0.814. The van der Waals surface area contributed by atoms with Gasteiger partial charge in [-0.15, -0.1) is 0 Å². The van der Waals surface area contributed by atoms with E-state index in [0.717, 1.165) is 5.56 Å². The van der Waals surface area contributed by atoms with Gasteiger partial charge < -0.3 is 4.74 Å². The fourth-order valence-corrected chi connectivity index (χ4v) is 5.59. The number of carbonyl (C=O) groups is 2. The SMILES string of the molecule is CC(=O)Oc1ccc(Br)c([C@H]2N(C(C)=O)c3ccccc3-c3c(=O)[nH]c(SCc4ccccc4)n[n+]32)c1. The summed E-state index contributed by atoms with van der Waals surface area (Å²) >= 11 is 4.98. The van der Waals surface area contributed by atoms with E-state index in [9.17, 15) is 14.4 Å². The van der Waals surface area contributed by atoms with Gasteiger partial charge in [0.05, 0.1) is 16.8 Å². The van der Waals surface area contributed by atoms with Crippen LogP contribution in [0.2, 0.25) is 0 Å². The predicted molar refractivity (Wildman–Crippen MR) is 143 cm³/mol. The molecule has 0 spiro atoms. The van der Waals surface area contributed by atoms with E-state index >= 15 is 0 Å². The standard InChI is InChI=1S/C27H21BrN4O4S/c1-16(33)31-23-11-7-6-10-20(23)24-25(35)29-27(37-15-18-8-4-3-5-9-18)30-32(24)26(31)21-14-19(36-17(2)34)12-13-22(21)28/h3-14,26H,15H2,1-2H3/p+1/t26-/m0/s1. The topological polar surface area (TPSA) is 96.2 Å². The minimum atomic E-state index is -0.814. The van der Waals surface area contributed by atoms with Gasteiger partial charge in [-0.25, -0.2) is 4.90 Å². The lowest BCUT2D eigenvalue weighted by Gasteiger charge is -2.31. The third kappa shape index (κ3) is 4.94. The zero-order valence-corrected chi connectivity index (χ0v) is 22.4. The first-order valence-electron chi connectivity index (χ1n) is 11.4. The maximum atomic E-state index is 13.5. The van der Waals surface area contributed by atoms with Crippen molar-refractivity contribution < 1.29 is 19.0 Å². The fourth-order valence-electron chi connectivity index (χ4n) is 4.33. The number of hydrogen-bond donors (Lipinski definition) is 1. The molecule has 1 atom stereocenters. The van der Waals surface area contributed by atoms with Gasteiger partial charge in [0.2, 0.25) is 11.1 Å². The van der Waals surface area contributed by atoms with Crippen LogP contribution in [0.3, 0.4) is 0 Å². The van der Waals surface area contributed by atoms with Gasteiger partial charge >= 0.3 is 17.2 Å². The molecule has 0 saturated heterocycles. The number of aromatic nitrogens is 3. The highest BCUT2D eigenvalue weighted by Crippen LogP contribution is 2.40. The Morgan fingerprint density at radius 1 is 1.08 bits per heavy atom. The van der Waals surface area contributed by atoms with Crippen LogP contribution < -0.4 is 19.9 Å². The number of nitrogens with zero attached hydrogens (tertiary/aromatic N) is 3. The summed E-state index contributed by atoms with van der Waals surface area (Å²) in [5, 5.41) is 5.23. The van der Waals surface area contributed by atoms with Gasteiger partial charge in [-0.2, -0.15) is 0 Å². The molecule has 10 heteroatoms. The summed E-state index contributed by atoms with van der Waals surface area (Å²) in [4.78, 5) is 42.7. The lowest BCUT2D eigenvalue weighted by Crippen LogP contribution is -2.60. The maximum absolute atomic E-state index is 13.5. The number of hydrogen-bond acceptors (Lipinski definition) is 6. The van der Waals surface area contributed by atoms with Gasteiger partial charge in [0.25, 0.3) is 6.17 Å². The zero-order chi connectivity index (χ0) is 26.1. The Balaban J connectivity index is 1.71. The Hall–Kier alpha value is -3.76. The molecule has 0 unspecified atom stereocenters. The number of H-pyrrole nitrogens is 1. The lowest BCUT2D eigenvalue weighted by atomic mass is 10.0. The summed E-state index contributed by atoms with van der Waals surface area (Å²) in [6.45, 7) is 2.79. The summed E-state index contributed by atoms with van der Waals surface area (Å²) in [5.74, 6) is 0.222. The molecule has 1 aliphatic heterocycles. The van der Waals surface area contributed by atoms with Gasteiger partial charge in [0, 0.05) is 29.2 Å². The molecule has 1 aromatic heterocycles. The number of rotatable bonds is 5. The van der Waals surface area contributed by atoms with Crippen molar-refractivity contribution >= 4 is 45.3 Å². The van der Waals surface area contributed by atoms with Crippen molar-refractivity contribution in [1.82, 2.24) is 10.1 Å². The van der Waals surface area contributed by atoms with Gasteiger partial charge in [-0.1, -0.05) is 70.2 Å². The molecular formula is C27H22BrN4O4S+. The summed E-state index contributed by atoms with van der Waals surface area (Å²) in [5.41, 5.74) is 2.87. The van der Waals surface area contributed by atoms with Crippen molar-refractivity contribution in [3.63, 3.8) is 0 Å². The minimum Gasteiger partial charge on any atom is -0.427 e. The Labute approximate surface area is 225 Å². The van der Waals surface area contributed by atoms with Crippen LogP contribution in [0.4, 0.5) is 5.69 Å². The molecule has 8 nitrogen and oxygen atoms in total. The van der Waals surface area contributed by atoms with Crippen molar-refractivity contribution in [3.8, 4) is 17.0 Å². The second-order valence-corrected chi connectivity index (χ2v) is 10.2. The molecule has 0 saturated carbocycles. The molecule has 1 aliphatic rings. The normalized spacial score (nSPS) is 14.0. The van der Waals surface area contributed by atoms with Crippen LogP contribution >= 0.6 is 27.7 Å². The lowest BCUT2D eigenvalue weighted by molar-refractivity contribution is -0.763. The number of benzene rings is 3. The Morgan fingerprint density at radius 3 is 2.54 bits per heavy atom. The molecular weight excluding hydrogens is 556 g/mol. The van der Waals surface area contributed by atoms with Crippen LogP contribution in [-0.4, -0.2) is 22.0 Å². The summed E-state index contributed by atoms with van der Waals surface area (Å²) in [6, 6.07) is 22.2. The van der Waals surface area contributed by atoms with E-state index < -0.39 is 12.1 Å². The van der Waals surface area contributed by atoms with Gasteiger partial charge in [0.1, 0.15) is 5.75 Å². The van der Waals surface area contributed by atoms with E-state index in [4.69, 9.17) is 9.84 Å². The number of aromatic amines is 1. The first-order chi connectivity index (χ1) is 17.8. The number of fused-ring (bicyclic) bond motifs is 3. The number of thioether (sulfide) groups is 1. The second-order valence-electron chi connectivity index (χ2n) is 8.38. The molecule has 37 heavy (non-hydrogen) atoms. The number of nitrogens with one attached hydrogen (secondary N) is 1. The predicted octanol–water partition coefficient (Wildman–Crippen LogP) is 4.62. The largest absolute Gasteiger partial charge is 0.427 e. The fraction of sp³-hybridized carbons (Fsp3) is 0.148. The van der Waals surface area contributed by atoms with Crippen molar-refractivity contribution in [2.45, 2.75) is 30.9 Å². The van der Waals surface area contributed by atoms with E-state index in [1.54, 1.807) is 39.9 Å². The van der Waals surface area contributed by atoms with Gasteiger partial charge in [-0.05, 0) is 40.6 Å². The molecule has 186 valence electrons. The van der Waals surface area contributed by atoms with E-state index in [1.807, 2.05) is 42.5 Å². The van der Waals surface area contributed by atoms with E-state index in [2.05, 4.69) is 20.9 Å². The van der Waals surface area contributed by atoms with E-state index in [-0.39, 0.29) is 11.5 Å². The monoisotopic (exact) mass is 577 g/mol. The molecule has 0 aliphatic carbocycles. The summed E-state index contributed by atoms with van der Waals surface area (Å²) < 4.78 is 7.57. The zero-order valence-electron chi connectivity index (χ0n) is 20.0. The molecule has 4 aromatic rings. The molecule has 3 aromatic carbocycles. The number of esters is 1. The highest BCUT2D eigenvalue weighted by molar-refractivity contribution is 9.10. The Morgan fingerprint density at radius 2 is 1.81 bits per heavy atom. The first-order valence-corrected chi connectivity index (χ1v) is 13.2. The number of amides is 1. The third-order valence-corrected chi connectivity index (χ3v) is 7.48. The Kier molecular flexibility index (Phi) is 6.94. The van der Waals surface area contributed by atoms with Crippen LogP contribution in [0.25, 0.3) is 11.3 Å². The minimum absolute atomic E-state index is 0.235. The summed E-state index contributed by atoms with van der Waals surface area (Å²) in [7, 11) is 0. The van der Waals surface area contributed by atoms with Crippen molar-refractivity contribution in [3.05, 3.63) is 98.7 Å². The molecule has 0 fully saturated rings. The molecule has 0 bridgehead atoms. The Bertz CT molecular complexity index is 1570.